The van der Waals surface area contributed by atoms with Crippen molar-refractivity contribution in [2.45, 2.75) is 39.8 Å². The molecule has 4 nitrogen and oxygen atoms in total. The number of hydrogen-bond donors (Lipinski definition) is 1. The summed E-state index contributed by atoms with van der Waals surface area (Å²) in [6.45, 7) is 9.10. The topological polar surface area (TPSA) is 47.9 Å². The lowest BCUT2D eigenvalue weighted by molar-refractivity contribution is 0.0583. The van der Waals surface area contributed by atoms with E-state index in [0.29, 0.717) is 25.9 Å². The van der Waals surface area contributed by atoms with Crippen LogP contribution in [0, 0.1) is 0 Å². The van der Waals surface area contributed by atoms with Crippen LogP contribution in [-0.2, 0) is 13.3 Å². The van der Waals surface area contributed by atoms with Crippen molar-refractivity contribution in [1.82, 2.24) is 0 Å². The first kappa shape index (κ1) is 17.7. The Labute approximate surface area is 98.3 Å². The summed E-state index contributed by atoms with van der Waals surface area (Å²) in [4.78, 5) is 0. The van der Waals surface area contributed by atoms with Crippen molar-refractivity contribution in [3.63, 3.8) is 0 Å². The fourth-order valence-corrected chi connectivity index (χ4v) is 3.97. The molecule has 0 aliphatic carbocycles. The normalized spacial score (nSPS) is 13.4. The molecule has 0 aromatic rings. The van der Waals surface area contributed by atoms with Gasteiger partial charge in [0, 0.05) is 25.9 Å². The molecule has 1 unspecified atom stereocenters. The standard InChI is InChI=1S/C9H22O4Si.H4Si/c1-5-11-14(12-6-2,13-7-3)8-9(4)10;/h9-10H,5-8H2,1-4H3;1H4. The van der Waals surface area contributed by atoms with E-state index in [2.05, 4.69) is 0 Å². The minimum absolute atomic E-state index is 0. The van der Waals surface area contributed by atoms with Crippen LogP contribution in [0.25, 0.3) is 0 Å². The highest BCUT2D eigenvalue weighted by Gasteiger charge is 2.41. The van der Waals surface area contributed by atoms with E-state index >= 15 is 0 Å². The second-order valence-electron chi connectivity index (χ2n) is 3.04. The molecule has 0 aliphatic rings. The Morgan fingerprint density at radius 2 is 1.33 bits per heavy atom. The predicted molar refractivity (Wildman–Crippen MR) is 68.5 cm³/mol. The van der Waals surface area contributed by atoms with Gasteiger partial charge in [0.05, 0.1) is 6.10 Å². The van der Waals surface area contributed by atoms with Crippen molar-refractivity contribution in [2.24, 2.45) is 0 Å². The molecular weight excluding hydrogens is 228 g/mol. The third-order valence-electron chi connectivity index (χ3n) is 1.64. The summed E-state index contributed by atoms with van der Waals surface area (Å²) in [5.74, 6) is 0. The summed E-state index contributed by atoms with van der Waals surface area (Å²) in [5, 5.41) is 9.36. The zero-order valence-electron chi connectivity index (χ0n) is 9.58. The van der Waals surface area contributed by atoms with Crippen molar-refractivity contribution in [2.75, 3.05) is 19.8 Å². The Balaban J connectivity index is 0. The van der Waals surface area contributed by atoms with Crippen LogP contribution >= 0.6 is 0 Å². The highest BCUT2D eigenvalue weighted by molar-refractivity contribution is 6.60. The van der Waals surface area contributed by atoms with Crippen LogP contribution in [0.15, 0.2) is 0 Å². The van der Waals surface area contributed by atoms with Crippen LogP contribution in [0.4, 0.5) is 0 Å². The molecule has 15 heavy (non-hydrogen) atoms. The average Bonchev–Trinajstić information content (AvgIpc) is 2.03. The van der Waals surface area contributed by atoms with Gasteiger partial charge < -0.3 is 18.4 Å². The maximum atomic E-state index is 9.36. The van der Waals surface area contributed by atoms with Gasteiger partial charge in [0.25, 0.3) is 0 Å². The van der Waals surface area contributed by atoms with Gasteiger partial charge in [-0.1, -0.05) is 0 Å². The van der Waals surface area contributed by atoms with E-state index < -0.39 is 14.9 Å². The molecule has 0 heterocycles. The first-order valence-corrected chi connectivity index (χ1v) is 7.13. The lowest BCUT2D eigenvalue weighted by Gasteiger charge is -2.29. The van der Waals surface area contributed by atoms with Crippen LogP contribution in [0.5, 0.6) is 0 Å². The van der Waals surface area contributed by atoms with Crippen LogP contribution in [-0.4, -0.2) is 50.8 Å². The lowest BCUT2D eigenvalue weighted by Crippen LogP contribution is -2.48. The number of hydrogen-bond acceptors (Lipinski definition) is 4. The maximum absolute atomic E-state index is 9.36. The van der Waals surface area contributed by atoms with Gasteiger partial charge in [-0.2, -0.15) is 0 Å². The third-order valence-corrected chi connectivity index (χ3v) is 4.91. The largest absolute Gasteiger partial charge is 0.503 e. The Kier molecular flexibility index (Phi) is 11.2. The Morgan fingerprint density at radius 1 is 1.00 bits per heavy atom. The fraction of sp³-hybridized carbons (Fsp3) is 1.00. The second-order valence-corrected chi connectivity index (χ2v) is 5.68. The molecule has 0 saturated carbocycles. The van der Waals surface area contributed by atoms with Crippen molar-refractivity contribution in [3.05, 3.63) is 0 Å². The van der Waals surface area contributed by atoms with E-state index in [-0.39, 0.29) is 11.0 Å². The van der Waals surface area contributed by atoms with Gasteiger partial charge in [-0.25, -0.2) is 0 Å². The van der Waals surface area contributed by atoms with E-state index in [1.165, 1.54) is 0 Å². The molecule has 0 aromatic heterocycles. The van der Waals surface area contributed by atoms with Crippen LogP contribution in [0.2, 0.25) is 6.04 Å². The zero-order chi connectivity index (χ0) is 11.0. The van der Waals surface area contributed by atoms with Crippen LogP contribution in [0.1, 0.15) is 27.7 Å². The summed E-state index contributed by atoms with van der Waals surface area (Å²) >= 11 is 0. The van der Waals surface area contributed by atoms with E-state index in [1.807, 2.05) is 20.8 Å². The number of rotatable bonds is 8. The van der Waals surface area contributed by atoms with Gasteiger partial charge in [0.15, 0.2) is 0 Å². The summed E-state index contributed by atoms with van der Waals surface area (Å²) in [7, 11) is -2.61. The van der Waals surface area contributed by atoms with Crippen molar-refractivity contribution in [3.8, 4) is 0 Å². The number of aliphatic hydroxyl groups is 1. The lowest BCUT2D eigenvalue weighted by atomic mass is 10.5. The summed E-state index contributed by atoms with van der Waals surface area (Å²) in [6, 6.07) is 0.461. The minimum atomic E-state index is -2.61. The smallest absolute Gasteiger partial charge is 0.393 e. The summed E-state index contributed by atoms with van der Waals surface area (Å²) in [5.41, 5.74) is 0. The zero-order valence-corrected chi connectivity index (χ0v) is 10.6. The average molecular weight is 254 g/mol. The first-order chi connectivity index (χ1) is 6.60. The Bertz CT molecular complexity index is 127. The SMILES string of the molecule is CCO[Si](CC(C)O)(OCC)OCC.[SiH4]. The molecule has 1 atom stereocenters. The van der Waals surface area contributed by atoms with E-state index in [9.17, 15) is 5.11 Å². The van der Waals surface area contributed by atoms with Gasteiger partial charge in [-0.15, -0.1) is 0 Å². The molecule has 0 bridgehead atoms. The Hall–Kier alpha value is 0.274. The van der Waals surface area contributed by atoms with Crippen molar-refractivity contribution < 1.29 is 18.4 Å². The second kappa shape index (κ2) is 9.50. The minimum Gasteiger partial charge on any atom is -0.393 e. The highest BCUT2D eigenvalue weighted by Crippen LogP contribution is 2.17. The monoisotopic (exact) mass is 254 g/mol. The van der Waals surface area contributed by atoms with Gasteiger partial charge in [0.2, 0.25) is 0 Å². The van der Waals surface area contributed by atoms with E-state index in [4.69, 9.17) is 13.3 Å². The molecule has 0 saturated heterocycles. The molecule has 0 aromatic carbocycles. The van der Waals surface area contributed by atoms with Gasteiger partial charge in [-0.05, 0) is 38.7 Å². The molecule has 0 spiro atoms. The first-order valence-electron chi connectivity index (χ1n) is 5.20. The molecule has 0 aliphatic heterocycles. The molecule has 0 fully saturated rings. The number of aliphatic hydroxyl groups excluding tert-OH is 1. The van der Waals surface area contributed by atoms with Gasteiger partial charge in [-0.3, -0.25) is 0 Å². The predicted octanol–water partition coefficient (Wildman–Crippen LogP) is -0.0360. The molecule has 0 radical (unpaired) electrons. The summed E-state index contributed by atoms with van der Waals surface area (Å²) < 4.78 is 16.7. The Morgan fingerprint density at radius 3 is 1.53 bits per heavy atom. The molecule has 1 N–H and O–H groups in total. The maximum Gasteiger partial charge on any atom is 0.503 e. The molecule has 6 heteroatoms. The van der Waals surface area contributed by atoms with Crippen LogP contribution < -0.4 is 0 Å². The molecule has 0 rings (SSSR count). The third kappa shape index (κ3) is 7.21. The quantitative estimate of drug-likeness (QED) is 0.618. The van der Waals surface area contributed by atoms with Crippen molar-refractivity contribution in [1.29, 1.82) is 0 Å². The van der Waals surface area contributed by atoms with E-state index in [1.54, 1.807) is 6.92 Å². The molecular formula is C9H26O4Si2. The fourth-order valence-electron chi connectivity index (χ4n) is 1.32. The van der Waals surface area contributed by atoms with Crippen molar-refractivity contribution >= 4 is 19.8 Å². The van der Waals surface area contributed by atoms with Gasteiger partial charge in [0.1, 0.15) is 0 Å². The summed E-state index contributed by atoms with van der Waals surface area (Å²) in [6.07, 6.45) is -0.452. The van der Waals surface area contributed by atoms with Gasteiger partial charge >= 0.3 is 8.80 Å². The molecule has 94 valence electrons. The highest BCUT2D eigenvalue weighted by atomic mass is 28.4. The van der Waals surface area contributed by atoms with E-state index in [0.717, 1.165) is 0 Å². The molecule has 0 amide bonds. The van der Waals surface area contributed by atoms with Crippen LogP contribution in [0.3, 0.4) is 0 Å².